The van der Waals surface area contributed by atoms with Crippen LogP contribution in [0.1, 0.15) is 12.0 Å². The van der Waals surface area contributed by atoms with E-state index >= 15 is 0 Å². The molecule has 0 aliphatic carbocycles. The number of hydrogen-bond donors (Lipinski definition) is 1. The van der Waals surface area contributed by atoms with Gasteiger partial charge in [0.1, 0.15) is 0 Å². The molecule has 19 heavy (non-hydrogen) atoms. The summed E-state index contributed by atoms with van der Waals surface area (Å²) in [5.74, 6) is -1.55. The quantitative estimate of drug-likeness (QED) is 0.910. The number of benzene rings is 2. The van der Waals surface area contributed by atoms with Crippen molar-refractivity contribution < 1.29 is 18.3 Å². The van der Waals surface area contributed by atoms with Crippen molar-refractivity contribution in [3.63, 3.8) is 0 Å². The molecule has 1 N–H and O–H groups in total. The molecule has 0 aromatic heterocycles. The molecule has 2 aromatic carbocycles. The van der Waals surface area contributed by atoms with Gasteiger partial charge in [0, 0.05) is 0 Å². The van der Waals surface area contributed by atoms with Crippen LogP contribution in [0.5, 0.6) is 0 Å². The van der Waals surface area contributed by atoms with Gasteiger partial charge < -0.3 is 5.11 Å². The highest BCUT2D eigenvalue weighted by Crippen LogP contribution is 2.20. The summed E-state index contributed by atoms with van der Waals surface area (Å²) in [5, 5.41) is 10.4. The molecular formula is C14H14O4S. The lowest BCUT2D eigenvalue weighted by molar-refractivity contribution is -0.136. The second-order valence-corrected chi connectivity index (χ2v) is 6.56. The lowest BCUT2D eigenvalue weighted by Gasteiger charge is -2.07. The van der Waals surface area contributed by atoms with E-state index in [0.717, 1.165) is 10.8 Å². The number of fused-ring (bicyclic) bond motifs is 1. The predicted molar refractivity (Wildman–Crippen MR) is 73.7 cm³/mol. The van der Waals surface area contributed by atoms with E-state index in [4.69, 9.17) is 5.11 Å². The van der Waals surface area contributed by atoms with Gasteiger partial charge in [0.25, 0.3) is 0 Å². The highest BCUT2D eigenvalue weighted by Gasteiger charge is 2.15. The molecule has 0 aliphatic rings. The molecule has 0 aliphatic heterocycles. The topological polar surface area (TPSA) is 71.4 Å². The summed E-state index contributed by atoms with van der Waals surface area (Å²) in [5.41, 5.74) is 0.712. The number of carboxylic acid groups (broad SMARTS) is 1. The maximum Gasteiger partial charge on any atom is 0.304 e. The summed E-state index contributed by atoms with van der Waals surface area (Å²) in [4.78, 5) is 10.4. The van der Waals surface area contributed by atoms with Crippen LogP contribution < -0.4 is 0 Å². The van der Waals surface area contributed by atoms with Gasteiger partial charge in [-0.15, -0.1) is 0 Å². The Hall–Kier alpha value is -1.88. The molecule has 0 spiro atoms. The van der Waals surface area contributed by atoms with Crippen molar-refractivity contribution >= 4 is 26.6 Å². The van der Waals surface area contributed by atoms with Crippen molar-refractivity contribution in [2.75, 3.05) is 5.75 Å². The molecule has 0 saturated heterocycles. The summed E-state index contributed by atoms with van der Waals surface area (Å²) in [6, 6.07) is 13.0. The smallest absolute Gasteiger partial charge is 0.304 e. The van der Waals surface area contributed by atoms with E-state index in [1.54, 1.807) is 6.07 Å². The summed E-state index contributed by atoms with van der Waals surface area (Å²) in [6.45, 7) is 0. The first-order chi connectivity index (χ1) is 8.98. The van der Waals surface area contributed by atoms with Gasteiger partial charge in [-0.1, -0.05) is 42.5 Å². The maximum absolute atomic E-state index is 11.9. The Morgan fingerprint density at radius 1 is 1.05 bits per heavy atom. The van der Waals surface area contributed by atoms with Crippen LogP contribution in [0, 0.1) is 0 Å². The Morgan fingerprint density at radius 3 is 2.47 bits per heavy atom. The molecular weight excluding hydrogens is 264 g/mol. The minimum atomic E-state index is -3.40. The summed E-state index contributed by atoms with van der Waals surface area (Å²) in [6.07, 6.45) is -0.354. The van der Waals surface area contributed by atoms with Gasteiger partial charge in [-0.3, -0.25) is 4.79 Å². The molecule has 0 bridgehead atoms. The zero-order valence-corrected chi connectivity index (χ0v) is 11.1. The zero-order valence-electron chi connectivity index (χ0n) is 10.2. The van der Waals surface area contributed by atoms with Crippen molar-refractivity contribution in [1.29, 1.82) is 0 Å². The number of carbonyl (C=O) groups is 1. The summed E-state index contributed by atoms with van der Waals surface area (Å²) in [7, 11) is -3.40. The van der Waals surface area contributed by atoms with E-state index in [1.807, 2.05) is 36.4 Å². The van der Waals surface area contributed by atoms with Crippen LogP contribution in [0.25, 0.3) is 10.8 Å². The average Bonchev–Trinajstić information content (AvgIpc) is 2.37. The highest BCUT2D eigenvalue weighted by molar-refractivity contribution is 7.90. The Bertz CT molecular complexity index is 699. The second kappa shape index (κ2) is 5.40. The standard InChI is InChI=1S/C14H14O4S/c15-14(16)8-9-19(17,18)10-12-6-3-5-11-4-1-2-7-13(11)12/h1-7H,8-10H2,(H,15,16). The molecule has 0 heterocycles. The van der Waals surface area contributed by atoms with Crippen LogP contribution in [-0.2, 0) is 20.4 Å². The molecule has 0 saturated carbocycles. The molecule has 4 nitrogen and oxygen atoms in total. The van der Waals surface area contributed by atoms with Gasteiger partial charge in [0.2, 0.25) is 0 Å². The van der Waals surface area contributed by atoms with Gasteiger partial charge in [-0.25, -0.2) is 8.42 Å². The van der Waals surface area contributed by atoms with E-state index in [0.29, 0.717) is 5.56 Å². The van der Waals surface area contributed by atoms with E-state index in [2.05, 4.69) is 0 Å². The third-order valence-electron chi connectivity index (χ3n) is 2.88. The molecule has 0 fully saturated rings. The lowest BCUT2D eigenvalue weighted by atomic mass is 10.1. The van der Waals surface area contributed by atoms with Crippen LogP contribution >= 0.6 is 0 Å². The number of carboxylic acids is 1. The van der Waals surface area contributed by atoms with Gasteiger partial charge in [0.05, 0.1) is 17.9 Å². The molecule has 5 heteroatoms. The van der Waals surface area contributed by atoms with Crippen LogP contribution in [0.4, 0.5) is 0 Å². The fraction of sp³-hybridized carbons (Fsp3) is 0.214. The van der Waals surface area contributed by atoms with Crippen molar-refractivity contribution in [2.24, 2.45) is 0 Å². The first kappa shape index (κ1) is 13.5. The Morgan fingerprint density at radius 2 is 1.74 bits per heavy atom. The number of hydrogen-bond acceptors (Lipinski definition) is 3. The third-order valence-corrected chi connectivity index (χ3v) is 4.46. The molecule has 0 amide bonds. The Kier molecular flexibility index (Phi) is 3.85. The van der Waals surface area contributed by atoms with Gasteiger partial charge in [-0.2, -0.15) is 0 Å². The lowest BCUT2D eigenvalue weighted by Crippen LogP contribution is -2.13. The Balaban J connectivity index is 2.28. The Labute approximate surface area is 111 Å². The molecule has 2 aromatic rings. The zero-order chi connectivity index (χ0) is 13.9. The first-order valence-corrected chi connectivity index (χ1v) is 7.69. The van der Waals surface area contributed by atoms with Crippen LogP contribution in [0.15, 0.2) is 42.5 Å². The number of aliphatic carboxylic acids is 1. The normalized spacial score (nSPS) is 11.6. The van der Waals surface area contributed by atoms with E-state index in [9.17, 15) is 13.2 Å². The van der Waals surface area contributed by atoms with Crippen LogP contribution in [-0.4, -0.2) is 25.2 Å². The fourth-order valence-electron chi connectivity index (χ4n) is 1.97. The van der Waals surface area contributed by atoms with Crippen molar-refractivity contribution in [1.82, 2.24) is 0 Å². The minimum absolute atomic E-state index is 0.123. The SMILES string of the molecule is O=C(O)CCS(=O)(=O)Cc1cccc2ccccc12. The highest BCUT2D eigenvalue weighted by atomic mass is 32.2. The van der Waals surface area contributed by atoms with Gasteiger partial charge in [-0.05, 0) is 16.3 Å². The monoisotopic (exact) mass is 278 g/mol. The number of rotatable bonds is 5. The summed E-state index contributed by atoms with van der Waals surface area (Å²) < 4.78 is 23.8. The molecule has 2 rings (SSSR count). The predicted octanol–water partition coefficient (Wildman–Crippen LogP) is 2.23. The third kappa shape index (κ3) is 3.54. The van der Waals surface area contributed by atoms with Crippen LogP contribution in [0.3, 0.4) is 0 Å². The molecule has 0 radical (unpaired) electrons. The second-order valence-electron chi connectivity index (χ2n) is 4.37. The van der Waals surface area contributed by atoms with Crippen LogP contribution in [0.2, 0.25) is 0 Å². The number of sulfone groups is 1. The van der Waals surface area contributed by atoms with Crippen molar-refractivity contribution in [3.8, 4) is 0 Å². The first-order valence-electron chi connectivity index (χ1n) is 5.87. The summed E-state index contributed by atoms with van der Waals surface area (Å²) >= 11 is 0. The molecule has 0 atom stereocenters. The van der Waals surface area contributed by atoms with E-state index in [-0.39, 0.29) is 17.9 Å². The minimum Gasteiger partial charge on any atom is -0.481 e. The van der Waals surface area contributed by atoms with E-state index in [1.165, 1.54) is 0 Å². The fourth-order valence-corrected chi connectivity index (χ4v) is 3.33. The van der Waals surface area contributed by atoms with Crippen molar-refractivity contribution in [2.45, 2.75) is 12.2 Å². The van der Waals surface area contributed by atoms with E-state index < -0.39 is 15.8 Å². The largest absolute Gasteiger partial charge is 0.481 e. The van der Waals surface area contributed by atoms with Crippen molar-refractivity contribution in [3.05, 3.63) is 48.0 Å². The maximum atomic E-state index is 11.9. The average molecular weight is 278 g/mol. The molecule has 100 valence electrons. The van der Waals surface area contributed by atoms with Gasteiger partial charge in [0.15, 0.2) is 9.84 Å². The molecule has 0 unspecified atom stereocenters. The van der Waals surface area contributed by atoms with Gasteiger partial charge >= 0.3 is 5.97 Å².